The summed E-state index contributed by atoms with van der Waals surface area (Å²) >= 11 is 0. The molecule has 0 saturated carbocycles. The van der Waals surface area contributed by atoms with Crippen LogP contribution in [0.15, 0.2) is 63.8 Å². The number of furan rings is 1. The van der Waals surface area contributed by atoms with Gasteiger partial charge in [0.1, 0.15) is 28.5 Å². The molecule has 1 aliphatic heterocycles. The molecule has 0 spiro atoms. The van der Waals surface area contributed by atoms with Gasteiger partial charge < -0.3 is 9.15 Å². The highest BCUT2D eigenvalue weighted by atomic mass is 19.1. The lowest BCUT2D eigenvalue weighted by Crippen LogP contribution is -2.27. The Morgan fingerprint density at radius 1 is 1.17 bits per heavy atom. The number of aromatic nitrogens is 2. The summed E-state index contributed by atoms with van der Waals surface area (Å²) in [6.07, 6.45) is 3.72. The van der Waals surface area contributed by atoms with Crippen LogP contribution in [-0.4, -0.2) is 16.7 Å². The van der Waals surface area contributed by atoms with Crippen LogP contribution in [0.5, 0.6) is 5.75 Å². The van der Waals surface area contributed by atoms with Gasteiger partial charge in [-0.1, -0.05) is 12.1 Å². The first-order chi connectivity index (χ1) is 14.6. The van der Waals surface area contributed by atoms with Crippen molar-refractivity contribution >= 4 is 22.7 Å². The predicted molar refractivity (Wildman–Crippen MR) is 114 cm³/mol. The Bertz CT molecular complexity index is 1330. The Kier molecular flexibility index (Phi) is 4.47. The lowest BCUT2D eigenvalue weighted by Gasteiger charge is -2.19. The van der Waals surface area contributed by atoms with Crippen LogP contribution in [0.2, 0.25) is 0 Å². The van der Waals surface area contributed by atoms with Crippen LogP contribution in [0.1, 0.15) is 24.2 Å². The van der Waals surface area contributed by atoms with E-state index >= 15 is 0 Å². The summed E-state index contributed by atoms with van der Waals surface area (Å²) in [5.74, 6) is 1.57. The average molecular weight is 402 g/mol. The number of benzene rings is 2. The van der Waals surface area contributed by atoms with Crippen LogP contribution in [0.3, 0.4) is 0 Å². The molecule has 0 unspecified atom stereocenters. The number of ether oxygens (including phenoxy) is 1. The average Bonchev–Trinajstić information content (AvgIpc) is 3.20. The molecule has 0 atom stereocenters. The highest BCUT2D eigenvalue weighted by molar-refractivity contribution is 5.84. The minimum absolute atomic E-state index is 0.122. The number of methoxy groups -OCH3 is 1. The summed E-state index contributed by atoms with van der Waals surface area (Å²) in [5, 5.41) is 0.431. The van der Waals surface area contributed by atoms with E-state index in [1.165, 1.54) is 12.1 Å². The molecule has 0 amide bonds. The number of fused-ring (bicyclic) bond motifs is 2. The van der Waals surface area contributed by atoms with Gasteiger partial charge in [0.15, 0.2) is 0 Å². The zero-order valence-corrected chi connectivity index (χ0v) is 16.4. The van der Waals surface area contributed by atoms with E-state index in [1.807, 2.05) is 30.3 Å². The highest BCUT2D eigenvalue weighted by Crippen LogP contribution is 2.30. The van der Waals surface area contributed by atoms with Crippen molar-refractivity contribution in [2.45, 2.75) is 19.4 Å². The largest absolute Gasteiger partial charge is 0.497 e. The molecule has 5 rings (SSSR count). The summed E-state index contributed by atoms with van der Waals surface area (Å²) in [4.78, 5) is 17.8. The molecule has 2 aromatic carbocycles. The molecule has 0 aliphatic carbocycles. The summed E-state index contributed by atoms with van der Waals surface area (Å²) in [5.41, 5.74) is 2.84. The molecule has 4 aromatic rings. The van der Waals surface area contributed by atoms with Gasteiger partial charge in [0.25, 0.3) is 5.56 Å². The first kappa shape index (κ1) is 18.4. The first-order valence-corrected chi connectivity index (χ1v) is 9.78. The Balaban J connectivity index is 1.63. The number of nitrogens with zero attached hydrogens (tertiary/aromatic N) is 2. The standard InChI is InChI=1S/C24H19FN2O3/c1-29-19-6-2-4-15(13-19)12-17-5-3-11-27-22(17)26-23-20(24(27)28)14-21(30-23)16-7-9-18(25)10-8-16/h2,4,6-10,12-14H,3,5,11H2,1H3/b17-12+. The summed E-state index contributed by atoms with van der Waals surface area (Å²) in [6.45, 7) is 0.615. The lowest BCUT2D eigenvalue weighted by molar-refractivity contribution is 0.414. The SMILES string of the molecule is COc1cccc(/C=C2\CCCn3c2nc2oc(-c4ccc(F)cc4)cc2c3=O)c1. The van der Waals surface area contributed by atoms with Gasteiger partial charge in [0.2, 0.25) is 5.71 Å². The molecule has 0 N–H and O–H groups in total. The van der Waals surface area contributed by atoms with E-state index in [9.17, 15) is 9.18 Å². The Hall–Kier alpha value is -3.67. The van der Waals surface area contributed by atoms with Crippen molar-refractivity contribution in [1.82, 2.24) is 9.55 Å². The molecule has 0 radical (unpaired) electrons. The van der Waals surface area contributed by atoms with Crippen molar-refractivity contribution in [3.05, 3.63) is 82.2 Å². The summed E-state index contributed by atoms with van der Waals surface area (Å²) in [6, 6.07) is 15.4. The zero-order chi connectivity index (χ0) is 20.7. The monoisotopic (exact) mass is 402 g/mol. The van der Waals surface area contributed by atoms with E-state index < -0.39 is 0 Å². The van der Waals surface area contributed by atoms with Gasteiger partial charge in [-0.25, -0.2) is 4.39 Å². The van der Waals surface area contributed by atoms with Crippen molar-refractivity contribution in [3.63, 3.8) is 0 Å². The fourth-order valence-electron chi connectivity index (χ4n) is 3.83. The fourth-order valence-corrected chi connectivity index (χ4v) is 3.83. The summed E-state index contributed by atoms with van der Waals surface area (Å²) < 4.78 is 26.1. The van der Waals surface area contributed by atoms with Crippen LogP contribution >= 0.6 is 0 Å². The van der Waals surface area contributed by atoms with Crippen molar-refractivity contribution in [2.75, 3.05) is 7.11 Å². The number of rotatable bonds is 3. The van der Waals surface area contributed by atoms with Gasteiger partial charge in [-0.2, -0.15) is 4.98 Å². The third-order valence-electron chi connectivity index (χ3n) is 5.33. The van der Waals surface area contributed by atoms with Crippen LogP contribution < -0.4 is 10.3 Å². The lowest BCUT2D eigenvalue weighted by atomic mass is 10.0. The van der Waals surface area contributed by atoms with Crippen molar-refractivity contribution < 1.29 is 13.5 Å². The maximum atomic E-state index is 13.2. The molecule has 6 heteroatoms. The van der Waals surface area contributed by atoms with Gasteiger partial charge in [-0.05, 0) is 72.5 Å². The Morgan fingerprint density at radius 2 is 2.00 bits per heavy atom. The van der Waals surface area contributed by atoms with E-state index in [1.54, 1.807) is 29.9 Å². The van der Waals surface area contributed by atoms with Crippen LogP contribution in [0.4, 0.5) is 4.39 Å². The zero-order valence-electron chi connectivity index (χ0n) is 16.4. The van der Waals surface area contributed by atoms with Crippen molar-refractivity contribution in [1.29, 1.82) is 0 Å². The van der Waals surface area contributed by atoms with E-state index in [0.29, 0.717) is 34.8 Å². The minimum atomic E-state index is -0.323. The molecule has 2 aromatic heterocycles. The van der Waals surface area contributed by atoms with Crippen LogP contribution in [0.25, 0.3) is 34.1 Å². The number of hydrogen-bond donors (Lipinski definition) is 0. The van der Waals surface area contributed by atoms with E-state index in [-0.39, 0.29) is 11.4 Å². The number of hydrogen-bond acceptors (Lipinski definition) is 4. The molecular weight excluding hydrogens is 383 g/mol. The van der Waals surface area contributed by atoms with Crippen molar-refractivity contribution in [3.8, 4) is 17.1 Å². The molecular formula is C24H19FN2O3. The van der Waals surface area contributed by atoms with Crippen LogP contribution in [0, 0.1) is 5.82 Å². The maximum absolute atomic E-state index is 13.2. The fraction of sp³-hybridized carbons (Fsp3) is 0.167. The van der Waals surface area contributed by atoms with Gasteiger partial charge >= 0.3 is 0 Å². The molecule has 0 bridgehead atoms. The van der Waals surface area contributed by atoms with E-state index in [4.69, 9.17) is 9.15 Å². The molecule has 1 aliphatic rings. The molecule has 0 fully saturated rings. The third-order valence-corrected chi connectivity index (χ3v) is 5.33. The Morgan fingerprint density at radius 3 is 2.80 bits per heavy atom. The highest BCUT2D eigenvalue weighted by Gasteiger charge is 2.21. The van der Waals surface area contributed by atoms with E-state index in [2.05, 4.69) is 4.98 Å². The molecule has 5 nitrogen and oxygen atoms in total. The number of allylic oxidation sites excluding steroid dienone is 1. The second-order valence-electron chi connectivity index (χ2n) is 7.28. The normalized spacial score (nSPS) is 14.8. The van der Waals surface area contributed by atoms with Gasteiger partial charge in [-0.3, -0.25) is 9.36 Å². The van der Waals surface area contributed by atoms with Gasteiger partial charge in [0, 0.05) is 12.1 Å². The maximum Gasteiger partial charge on any atom is 0.265 e. The Labute approximate surface area is 172 Å². The smallest absolute Gasteiger partial charge is 0.265 e. The van der Waals surface area contributed by atoms with Gasteiger partial charge in [0.05, 0.1) is 7.11 Å². The second-order valence-corrected chi connectivity index (χ2v) is 7.28. The third kappa shape index (κ3) is 3.20. The molecule has 30 heavy (non-hydrogen) atoms. The molecule has 0 saturated heterocycles. The van der Waals surface area contributed by atoms with Crippen LogP contribution in [-0.2, 0) is 6.54 Å². The summed E-state index contributed by atoms with van der Waals surface area (Å²) in [7, 11) is 1.63. The van der Waals surface area contributed by atoms with Crippen molar-refractivity contribution in [2.24, 2.45) is 0 Å². The quantitative estimate of drug-likeness (QED) is 0.476. The minimum Gasteiger partial charge on any atom is -0.497 e. The van der Waals surface area contributed by atoms with E-state index in [0.717, 1.165) is 29.7 Å². The van der Waals surface area contributed by atoms with Gasteiger partial charge in [-0.15, -0.1) is 0 Å². The molecule has 150 valence electrons. The number of halogens is 1. The topological polar surface area (TPSA) is 57.3 Å². The predicted octanol–water partition coefficient (Wildman–Crippen LogP) is 5.14. The second kappa shape index (κ2) is 7.30. The first-order valence-electron chi connectivity index (χ1n) is 9.78. The molecule has 3 heterocycles.